The van der Waals surface area contributed by atoms with Crippen LogP contribution in [0.3, 0.4) is 0 Å². The van der Waals surface area contributed by atoms with Crippen molar-refractivity contribution in [1.82, 2.24) is 15.2 Å². The maximum Gasteiger partial charge on any atom is 0.317 e. The lowest BCUT2D eigenvalue weighted by Gasteiger charge is -2.26. The quantitative estimate of drug-likeness (QED) is 0.888. The predicted octanol–water partition coefficient (Wildman–Crippen LogP) is 2.58. The molecule has 1 aromatic rings. The molecule has 1 aliphatic carbocycles. The number of rotatable bonds is 4. The third-order valence-electron chi connectivity index (χ3n) is 3.71. The van der Waals surface area contributed by atoms with Gasteiger partial charge in [-0.15, -0.1) is 0 Å². The van der Waals surface area contributed by atoms with Gasteiger partial charge in [0.05, 0.1) is 11.7 Å². The molecular formula is C14H21N3O. The summed E-state index contributed by atoms with van der Waals surface area (Å²) in [5.74, 6) is 0.686. The minimum absolute atomic E-state index is 0.0208. The molecule has 0 unspecified atom stereocenters. The summed E-state index contributed by atoms with van der Waals surface area (Å²) in [6.07, 6.45) is 4.23. The molecule has 0 radical (unpaired) electrons. The molecule has 0 aliphatic heterocycles. The fourth-order valence-electron chi connectivity index (χ4n) is 2.07. The standard InChI is InChI=1S/C14H21N3O/c1-10(13-6-4-5-9-15-13)16-14(18)17(3)11(2)12-7-8-12/h4-6,9-12H,7-8H2,1-3H3,(H,16,18)/t10-,11-/m0/s1. The van der Waals surface area contributed by atoms with Crippen LogP contribution in [0.2, 0.25) is 0 Å². The van der Waals surface area contributed by atoms with E-state index in [1.807, 2.05) is 32.2 Å². The van der Waals surface area contributed by atoms with Gasteiger partial charge in [0.1, 0.15) is 0 Å². The van der Waals surface area contributed by atoms with Crippen LogP contribution in [0.15, 0.2) is 24.4 Å². The summed E-state index contributed by atoms with van der Waals surface area (Å²) in [6.45, 7) is 4.07. The number of hydrogen-bond acceptors (Lipinski definition) is 2. The van der Waals surface area contributed by atoms with Crippen molar-refractivity contribution in [2.75, 3.05) is 7.05 Å². The number of urea groups is 1. The highest BCUT2D eigenvalue weighted by atomic mass is 16.2. The number of nitrogens with zero attached hydrogens (tertiary/aromatic N) is 2. The molecule has 1 heterocycles. The average molecular weight is 247 g/mol. The first-order valence-electron chi connectivity index (χ1n) is 6.54. The van der Waals surface area contributed by atoms with Gasteiger partial charge in [-0.05, 0) is 44.7 Å². The molecule has 1 N–H and O–H groups in total. The van der Waals surface area contributed by atoms with Gasteiger partial charge < -0.3 is 10.2 Å². The second kappa shape index (κ2) is 5.38. The van der Waals surface area contributed by atoms with Crippen LogP contribution in [0, 0.1) is 5.92 Å². The SMILES string of the molecule is C[C@H](NC(=O)N(C)[C@@H](C)C1CC1)c1ccccn1. The Morgan fingerprint density at radius 2 is 2.17 bits per heavy atom. The molecule has 98 valence electrons. The predicted molar refractivity (Wildman–Crippen MR) is 71.1 cm³/mol. The van der Waals surface area contributed by atoms with E-state index in [0.29, 0.717) is 12.0 Å². The maximum atomic E-state index is 12.1. The van der Waals surface area contributed by atoms with E-state index in [1.165, 1.54) is 12.8 Å². The zero-order valence-electron chi connectivity index (χ0n) is 11.3. The van der Waals surface area contributed by atoms with Crippen LogP contribution in [0.1, 0.15) is 38.4 Å². The third-order valence-corrected chi connectivity index (χ3v) is 3.71. The molecule has 0 spiro atoms. The van der Waals surface area contributed by atoms with Crippen molar-refractivity contribution in [3.63, 3.8) is 0 Å². The lowest BCUT2D eigenvalue weighted by Crippen LogP contribution is -2.44. The lowest BCUT2D eigenvalue weighted by molar-refractivity contribution is 0.184. The zero-order valence-corrected chi connectivity index (χ0v) is 11.3. The smallest absolute Gasteiger partial charge is 0.317 e. The van der Waals surface area contributed by atoms with Crippen LogP contribution >= 0.6 is 0 Å². The van der Waals surface area contributed by atoms with Gasteiger partial charge in [0.25, 0.3) is 0 Å². The summed E-state index contributed by atoms with van der Waals surface area (Å²) in [5, 5.41) is 2.98. The molecule has 2 atom stereocenters. The molecular weight excluding hydrogens is 226 g/mol. The van der Waals surface area contributed by atoms with E-state index in [1.54, 1.807) is 11.1 Å². The normalized spacial score (nSPS) is 17.9. The number of hydrogen-bond donors (Lipinski definition) is 1. The van der Waals surface area contributed by atoms with E-state index >= 15 is 0 Å². The van der Waals surface area contributed by atoms with Gasteiger partial charge in [0.2, 0.25) is 0 Å². The molecule has 0 aromatic carbocycles. The highest BCUT2D eigenvalue weighted by Crippen LogP contribution is 2.34. The van der Waals surface area contributed by atoms with Crippen molar-refractivity contribution in [2.24, 2.45) is 5.92 Å². The number of pyridine rings is 1. The Morgan fingerprint density at radius 1 is 1.44 bits per heavy atom. The van der Waals surface area contributed by atoms with Crippen molar-refractivity contribution in [1.29, 1.82) is 0 Å². The Labute approximate surface area is 108 Å². The van der Waals surface area contributed by atoms with Gasteiger partial charge in [-0.1, -0.05) is 6.07 Å². The van der Waals surface area contributed by atoms with Crippen molar-refractivity contribution in [3.05, 3.63) is 30.1 Å². The van der Waals surface area contributed by atoms with E-state index in [0.717, 1.165) is 5.69 Å². The Bertz CT molecular complexity index is 403. The second-order valence-corrected chi connectivity index (χ2v) is 5.11. The fraction of sp³-hybridized carbons (Fsp3) is 0.571. The minimum Gasteiger partial charge on any atom is -0.330 e. The molecule has 0 bridgehead atoms. The third kappa shape index (κ3) is 3.00. The van der Waals surface area contributed by atoms with Gasteiger partial charge in [0, 0.05) is 19.3 Å². The molecule has 2 amide bonds. The molecule has 4 nitrogen and oxygen atoms in total. The van der Waals surface area contributed by atoms with Gasteiger partial charge in [-0.2, -0.15) is 0 Å². The Balaban J connectivity index is 1.90. The van der Waals surface area contributed by atoms with E-state index in [4.69, 9.17) is 0 Å². The summed E-state index contributed by atoms with van der Waals surface area (Å²) >= 11 is 0. The first-order valence-corrected chi connectivity index (χ1v) is 6.54. The Hall–Kier alpha value is -1.58. The topological polar surface area (TPSA) is 45.2 Å². The minimum atomic E-state index is -0.0625. The van der Waals surface area contributed by atoms with Gasteiger partial charge in [-0.25, -0.2) is 4.79 Å². The van der Waals surface area contributed by atoms with Crippen LogP contribution in [0.25, 0.3) is 0 Å². The highest BCUT2D eigenvalue weighted by molar-refractivity contribution is 5.74. The van der Waals surface area contributed by atoms with Crippen molar-refractivity contribution in [3.8, 4) is 0 Å². The van der Waals surface area contributed by atoms with Gasteiger partial charge in [-0.3, -0.25) is 4.98 Å². The number of nitrogens with one attached hydrogen (secondary N) is 1. The van der Waals surface area contributed by atoms with Crippen LogP contribution < -0.4 is 5.32 Å². The van der Waals surface area contributed by atoms with Crippen LogP contribution in [-0.2, 0) is 0 Å². The number of carbonyl (C=O) groups is 1. The molecule has 1 fully saturated rings. The summed E-state index contributed by atoms with van der Waals surface area (Å²) in [6, 6.07) is 5.97. The van der Waals surface area contributed by atoms with Gasteiger partial charge in [0.15, 0.2) is 0 Å². The van der Waals surface area contributed by atoms with Crippen LogP contribution in [0.5, 0.6) is 0 Å². The fourth-order valence-corrected chi connectivity index (χ4v) is 2.07. The number of carbonyl (C=O) groups excluding carboxylic acids is 1. The first-order chi connectivity index (χ1) is 8.59. The van der Waals surface area contributed by atoms with E-state index in [9.17, 15) is 4.79 Å². The molecule has 1 saturated carbocycles. The van der Waals surface area contributed by atoms with Crippen molar-refractivity contribution >= 4 is 6.03 Å². The summed E-state index contributed by atoms with van der Waals surface area (Å²) < 4.78 is 0. The summed E-state index contributed by atoms with van der Waals surface area (Å²) in [4.78, 5) is 18.1. The van der Waals surface area contributed by atoms with E-state index in [2.05, 4.69) is 17.2 Å². The van der Waals surface area contributed by atoms with E-state index in [-0.39, 0.29) is 12.1 Å². The summed E-state index contributed by atoms with van der Waals surface area (Å²) in [5.41, 5.74) is 0.887. The monoisotopic (exact) mass is 247 g/mol. The highest BCUT2D eigenvalue weighted by Gasteiger charge is 2.32. The molecule has 18 heavy (non-hydrogen) atoms. The van der Waals surface area contributed by atoms with Crippen LogP contribution in [0.4, 0.5) is 4.79 Å². The molecule has 2 rings (SSSR count). The van der Waals surface area contributed by atoms with Crippen LogP contribution in [-0.4, -0.2) is 29.0 Å². The second-order valence-electron chi connectivity index (χ2n) is 5.11. The number of aromatic nitrogens is 1. The molecule has 4 heteroatoms. The van der Waals surface area contributed by atoms with Crippen molar-refractivity contribution in [2.45, 2.75) is 38.8 Å². The lowest BCUT2D eigenvalue weighted by atomic mass is 10.2. The summed E-state index contributed by atoms with van der Waals surface area (Å²) in [7, 11) is 1.86. The largest absolute Gasteiger partial charge is 0.330 e. The maximum absolute atomic E-state index is 12.1. The molecule has 1 aliphatic rings. The van der Waals surface area contributed by atoms with Gasteiger partial charge >= 0.3 is 6.03 Å². The zero-order chi connectivity index (χ0) is 13.1. The average Bonchev–Trinajstić information content (AvgIpc) is 3.22. The van der Waals surface area contributed by atoms with E-state index < -0.39 is 0 Å². The Kier molecular flexibility index (Phi) is 3.84. The molecule has 1 aromatic heterocycles. The van der Waals surface area contributed by atoms with Crippen molar-refractivity contribution < 1.29 is 4.79 Å². The first kappa shape index (κ1) is 12.9. The number of amides is 2. The molecule has 0 saturated heterocycles. The Morgan fingerprint density at radius 3 is 2.72 bits per heavy atom.